The molecule has 0 saturated heterocycles. The molecule has 15 heavy (non-hydrogen) atoms. The molecule has 3 heteroatoms. The van der Waals surface area contributed by atoms with E-state index in [1.165, 1.54) is 0 Å². The predicted molar refractivity (Wildman–Crippen MR) is 60.0 cm³/mol. The molecule has 82 valence electrons. The number of hydrogen-bond donors (Lipinski definition) is 1. The zero-order chi connectivity index (χ0) is 11.4. The maximum Gasteiger partial charge on any atom is 0.321 e. The fourth-order valence-electron chi connectivity index (χ4n) is 1.54. The minimum atomic E-state index is -0.775. The minimum Gasteiger partial charge on any atom is -0.480 e. The number of likely N-dealkylation sites (N-methyl/N-ethyl adjacent to an activating group) is 1. The maximum atomic E-state index is 11.0. The number of rotatable bonds is 4. The van der Waals surface area contributed by atoms with E-state index in [4.69, 9.17) is 5.11 Å². The Balaban J connectivity index is 2.84. The van der Waals surface area contributed by atoms with Crippen LogP contribution in [0.25, 0.3) is 0 Å². The lowest BCUT2D eigenvalue weighted by atomic mass is 10.0. The number of benzene rings is 1. The van der Waals surface area contributed by atoms with E-state index in [9.17, 15) is 4.79 Å². The average molecular weight is 207 g/mol. The van der Waals surface area contributed by atoms with Gasteiger partial charge in [0.05, 0.1) is 0 Å². The van der Waals surface area contributed by atoms with Gasteiger partial charge in [0.2, 0.25) is 0 Å². The summed E-state index contributed by atoms with van der Waals surface area (Å²) in [6, 6.07) is 7.44. The standard InChI is InChI=1S/C12H17NO2/c1-9-6-4-5-7-10(9)8-11(12(14)15)13(2)3/h4-7,11H,8H2,1-3H3,(H,14,15)/t11-/m0/s1. The molecule has 0 spiro atoms. The summed E-state index contributed by atoms with van der Waals surface area (Å²) in [6.07, 6.45) is 0.551. The van der Waals surface area contributed by atoms with E-state index in [-0.39, 0.29) is 0 Å². The first-order valence-corrected chi connectivity index (χ1v) is 4.96. The van der Waals surface area contributed by atoms with Gasteiger partial charge in [-0.2, -0.15) is 0 Å². The molecule has 0 radical (unpaired) electrons. The third-order valence-electron chi connectivity index (χ3n) is 2.58. The summed E-state index contributed by atoms with van der Waals surface area (Å²) in [5.41, 5.74) is 2.24. The number of nitrogens with zero attached hydrogens (tertiary/aromatic N) is 1. The molecule has 0 aliphatic heterocycles. The number of carboxylic acids is 1. The summed E-state index contributed by atoms with van der Waals surface area (Å²) >= 11 is 0. The van der Waals surface area contributed by atoms with Crippen LogP contribution in [0.15, 0.2) is 24.3 Å². The van der Waals surface area contributed by atoms with E-state index >= 15 is 0 Å². The molecular weight excluding hydrogens is 190 g/mol. The first-order valence-electron chi connectivity index (χ1n) is 4.96. The van der Waals surface area contributed by atoms with Crippen LogP contribution in [0.3, 0.4) is 0 Å². The summed E-state index contributed by atoms with van der Waals surface area (Å²) in [7, 11) is 3.58. The number of aryl methyl sites for hydroxylation is 1. The Morgan fingerprint density at radius 1 is 1.40 bits per heavy atom. The lowest BCUT2D eigenvalue weighted by Crippen LogP contribution is -2.37. The van der Waals surface area contributed by atoms with E-state index in [1.54, 1.807) is 19.0 Å². The molecule has 0 aliphatic rings. The van der Waals surface area contributed by atoms with Crippen molar-refractivity contribution in [3.05, 3.63) is 35.4 Å². The van der Waals surface area contributed by atoms with E-state index in [0.29, 0.717) is 6.42 Å². The van der Waals surface area contributed by atoms with E-state index < -0.39 is 12.0 Å². The van der Waals surface area contributed by atoms with Gasteiger partial charge in [-0.05, 0) is 38.6 Å². The molecule has 0 saturated carbocycles. The molecule has 1 rings (SSSR count). The van der Waals surface area contributed by atoms with Gasteiger partial charge in [0.1, 0.15) is 6.04 Å². The van der Waals surface area contributed by atoms with Crippen LogP contribution in [0, 0.1) is 6.92 Å². The second-order valence-corrected chi connectivity index (χ2v) is 3.95. The van der Waals surface area contributed by atoms with Crippen LogP contribution in [0.2, 0.25) is 0 Å². The van der Waals surface area contributed by atoms with Crippen molar-refractivity contribution in [1.29, 1.82) is 0 Å². The molecule has 0 bridgehead atoms. The highest BCUT2D eigenvalue weighted by molar-refractivity contribution is 5.73. The Bertz CT molecular complexity index is 347. The predicted octanol–water partition coefficient (Wildman–Crippen LogP) is 1.55. The van der Waals surface area contributed by atoms with Gasteiger partial charge in [-0.3, -0.25) is 9.69 Å². The van der Waals surface area contributed by atoms with Gasteiger partial charge in [-0.25, -0.2) is 0 Å². The highest BCUT2D eigenvalue weighted by atomic mass is 16.4. The molecule has 0 aliphatic carbocycles. The van der Waals surface area contributed by atoms with Crippen molar-refractivity contribution >= 4 is 5.97 Å². The number of carbonyl (C=O) groups is 1. The maximum absolute atomic E-state index is 11.0. The molecule has 0 amide bonds. The SMILES string of the molecule is Cc1ccccc1C[C@@H](C(=O)O)N(C)C. The Labute approximate surface area is 90.3 Å². The van der Waals surface area contributed by atoms with Crippen molar-refractivity contribution in [2.24, 2.45) is 0 Å². The van der Waals surface area contributed by atoms with Crippen LogP contribution >= 0.6 is 0 Å². The summed E-state index contributed by atoms with van der Waals surface area (Å²) in [5.74, 6) is -0.775. The first kappa shape index (κ1) is 11.7. The second kappa shape index (κ2) is 4.94. The number of aliphatic carboxylic acids is 1. The number of carboxylic acid groups (broad SMARTS) is 1. The monoisotopic (exact) mass is 207 g/mol. The van der Waals surface area contributed by atoms with Crippen molar-refractivity contribution in [3.63, 3.8) is 0 Å². The molecule has 0 fully saturated rings. The molecule has 1 atom stereocenters. The van der Waals surface area contributed by atoms with Crippen molar-refractivity contribution in [1.82, 2.24) is 4.90 Å². The lowest BCUT2D eigenvalue weighted by Gasteiger charge is -2.20. The van der Waals surface area contributed by atoms with Gasteiger partial charge in [0.25, 0.3) is 0 Å². The van der Waals surface area contributed by atoms with Gasteiger partial charge in [-0.15, -0.1) is 0 Å². The van der Waals surface area contributed by atoms with Crippen molar-refractivity contribution in [2.75, 3.05) is 14.1 Å². The van der Waals surface area contributed by atoms with Crippen LogP contribution < -0.4 is 0 Å². The Hall–Kier alpha value is -1.35. The molecule has 1 N–H and O–H groups in total. The third kappa shape index (κ3) is 3.06. The van der Waals surface area contributed by atoms with Gasteiger partial charge in [0.15, 0.2) is 0 Å². The normalized spacial score (nSPS) is 12.8. The van der Waals surface area contributed by atoms with Gasteiger partial charge < -0.3 is 5.11 Å². The van der Waals surface area contributed by atoms with E-state index in [0.717, 1.165) is 11.1 Å². The Morgan fingerprint density at radius 3 is 2.47 bits per heavy atom. The largest absolute Gasteiger partial charge is 0.480 e. The van der Waals surface area contributed by atoms with Crippen LogP contribution in [-0.4, -0.2) is 36.1 Å². The zero-order valence-corrected chi connectivity index (χ0v) is 9.40. The van der Waals surface area contributed by atoms with Crippen LogP contribution in [-0.2, 0) is 11.2 Å². The van der Waals surface area contributed by atoms with Crippen LogP contribution in [0.1, 0.15) is 11.1 Å². The van der Waals surface area contributed by atoms with Crippen molar-refractivity contribution in [2.45, 2.75) is 19.4 Å². The van der Waals surface area contributed by atoms with Gasteiger partial charge in [0, 0.05) is 0 Å². The molecule has 0 aromatic heterocycles. The van der Waals surface area contributed by atoms with Crippen LogP contribution in [0.5, 0.6) is 0 Å². The quantitative estimate of drug-likeness (QED) is 0.814. The fourth-order valence-corrected chi connectivity index (χ4v) is 1.54. The summed E-state index contributed by atoms with van der Waals surface area (Å²) < 4.78 is 0. The first-order chi connectivity index (χ1) is 7.02. The summed E-state index contributed by atoms with van der Waals surface area (Å²) in [4.78, 5) is 12.7. The number of hydrogen-bond acceptors (Lipinski definition) is 2. The molecule has 0 heterocycles. The lowest BCUT2D eigenvalue weighted by molar-refractivity contribution is -0.142. The smallest absolute Gasteiger partial charge is 0.321 e. The molecule has 3 nitrogen and oxygen atoms in total. The zero-order valence-electron chi connectivity index (χ0n) is 9.40. The van der Waals surface area contributed by atoms with E-state index in [1.807, 2.05) is 31.2 Å². The average Bonchev–Trinajstić information content (AvgIpc) is 2.15. The van der Waals surface area contributed by atoms with Gasteiger partial charge >= 0.3 is 5.97 Å². The Morgan fingerprint density at radius 2 is 2.00 bits per heavy atom. The third-order valence-corrected chi connectivity index (χ3v) is 2.58. The highest BCUT2D eigenvalue weighted by Gasteiger charge is 2.20. The summed E-state index contributed by atoms with van der Waals surface area (Å²) in [6.45, 7) is 2.00. The van der Waals surface area contributed by atoms with Crippen LogP contribution in [0.4, 0.5) is 0 Å². The molecule has 1 aromatic rings. The fraction of sp³-hybridized carbons (Fsp3) is 0.417. The summed E-state index contributed by atoms with van der Waals surface area (Å²) in [5, 5.41) is 9.05. The molecule has 0 unspecified atom stereocenters. The highest BCUT2D eigenvalue weighted by Crippen LogP contribution is 2.11. The molecule has 1 aromatic carbocycles. The molecular formula is C12H17NO2. The topological polar surface area (TPSA) is 40.5 Å². The van der Waals surface area contributed by atoms with Gasteiger partial charge in [-0.1, -0.05) is 24.3 Å². The minimum absolute atomic E-state index is 0.453. The van der Waals surface area contributed by atoms with E-state index in [2.05, 4.69) is 0 Å². The second-order valence-electron chi connectivity index (χ2n) is 3.95. The Kier molecular flexibility index (Phi) is 3.86. The van der Waals surface area contributed by atoms with Crippen molar-refractivity contribution < 1.29 is 9.90 Å². The van der Waals surface area contributed by atoms with Crippen molar-refractivity contribution in [3.8, 4) is 0 Å².